The van der Waals surface area contributed by atoms with E-state index in [1.165, 1.54) is 0 Å². The minimum Gasteiger partial charge on any atom is -0.479 e. The van der Waals surface area contributed by atoms with E-state index < -0.39 is 0 Å². The third-order valence-electron chi connectivity index (χ3n) is 2.05. The van der Waals surface area contributed by atoms with Crippen LogP contribution in [0.25, 0.3) is 10.9 Å². The summed E-state index contributed by atoms with van der Waals surface area (Å²) in [6, 6.07) is 3.89. The van der Waals surface area contributed by atoms with Crippen molar-refractivity contribution in [2.45, 2.75) is 6.54 Å². The monoisotopic (exact) mass is 189 g/mol. The Balaban J connectivity index is 2.67. The lowest BCUT2D eigenvalue weighted by Crippen LogP contribution is -1.98. The lowest BCUT2D eigenvalue weighted by molar-refractivity contribution is 0.402. The van der Waals surface area contributed by atoms with Gasteiger partial charge in [0.15, 0.2) is 0 Å². The van der Waals surface area contributed by atoms with Gasteiger partial charge < -0.3 is 10.5 Å². The van der Waals surface area contributed by atoms with E-state index in [0.717, 1.165) is 16.5 Å². The summed E-state index contributed by atoms with van der Waals surface area (Å²) in [4.78, 5) is 8.32. The van der Waals surface area contributed by atoms with Gasteiger partial charge in [0.1, 0.15) is 5.52 Å². The number of nitrogens with zero attached hydrogens (tertiary/aromatic N) is 2. The Labute approximate surface area is 81.7 Å². The van der Waals surface area contributed by atoms with Crippen LogP contribution in [0.5, 0.6) is 5.88 Å². The molecule has 0 fully saturated rings. The molecule has 2 rings (SSSR count). The van der Waals surface area contributed by atoms with Crippen LogP contribution in [0.4, 0.5) is 0 Å². The van der Waals surface area contributed by atoms with E-state index in [0.29, 0.717) is 12.4 Å². The van der Waals surface area contributed by atoms with Crippen molar-refractivity contribution in [3.63, 3.8) is 0 Å². The van der Waals surface area contributed by atoms with Crippen molar-refractivity contribution in [2.75, 3.05) is 7.11 Å². The Hall–Kier alpha value is -1.68. The molecular formula is C10H11N3O. The highest BCUT2D eigenvalue weighted by atomic mass is 16.5. The van der Waals surface area contributed by atoms with Crippen LogP contribution in [0.3, 0.4) is 0 Å². The lowest BCUT2D eigenvalue weighted by atomic mass is 10.2. The second-order valence-corrected chi connectivity index (χ2v) is 2.94. The van der Waals surface area contributed by atoms with E-state index in [-0.39, 0.29) is 0 Å². The second kappa shape index (κ2) is 3.59. The average molecular weight is 189 g/mol. The molecule has 2 aromatic rings. The van der Waals surface area contributed by atoms with E-state index in [1.807, 2.05) is 12.1 Å². The van der Waals surface area contributed by atoms with Gasteiger partial charge in [-0.05, 0) is 17.7 Å². The molecule has 0 saturated heterocycles. The molecule has 4 heteroatoms. The highest BCUT2D eigenvalue weighted by molar-refractivity contribution is 5.82. The second-order valence-electron chi connectivity index (χ2n) is 2.94. The molecule has 0 spiro atoms. The largest absolute Gasteiger partial charge is 0.479 e. The van der Waals surface area contributed by atoms with Crippen LogP contribution in [0.2, 0.25) is 0 Å². The number of fused-ring (bicyclic) bond motifs is 1. The molecule has 2 aromatic heterocycles. The fourth-order valence-corrected chi connectivity index (χ4v) is 1.34. The minimum atomic E-state index is 0.494. The molecule has 4 nitrogen and oxygen atoms in total. The zero-order valence-corrected chi connectivity index (χ0v) is 7.90. The molecule has 72 valence electrons. The smallest absolute Gasteiger partial charge is 0.240 e. The number of aromatic nitrogens is 2. The quantitative estimate of drug-likeness (QED) is 0.768. The molecule has 0 atom stereocenters. The summed E-state index contributed by atoms with van der Waals surface area (Å²) in [6.07, 6.45) is 3.44. The van der Waals surface area contributed by atoms with Crippen LogP contribution >= 0.6 is 0 Å². The fourth-order valence-electron chi connectivity index (χ4n) is 1.34. The maximum atomic E-state index is 5.52. The Morgan fingerprint density at radius 2 is 2.29 bits per heavy atom. The molecule has 14 heavy (non-hydrogen) atoms. The zero-order valence-electron chi connectivity index (χ0n) is 7.90. The van der Waals surface area contributed by atoms with Crippen molar-refractivity contribution in [3.05, 3.63) is 30.1 Å². The molecule has 2 N–H and O–H groups in total. The summed E-state index contributed by atoms with van der Waals surface area (Å²) < 4.78 is 5.10. The SMILES string of the molecule is COc1nccc2cc(CN)cnc12. The van der Waals surface area contributed by atoms with Gasteiger partial charge in [-0.2, -0.15) is 0 Å². The van der Waals surface area contributed by atoms with Gasteiger partial charge >= 0.3 is 0 Å². The summed E-state index contributed by atoms with van der Waals surface area (Å²) >= 11 is 0. The summed E-state index contributed by atoms with van der Waals surface area (Å²) in [6.45, 7) is 0.494. The van der Waals surface area contributed by atoms with Crippen molar-refractivity contribution < 1.29 is 4.74 Å². The molecule has 0 aliphatic heterocycles. The minimum absolute atomic E-state index is 0.494. The predicted molar refractivity (Wildman–Crippen MR) is 54.0 cm³/mol. The van der Waals surface area contributed by atoms with Crippen LogP contribution in [0.1, 0.15) is 5.56 Å². The summed E-state index contributed by atoms with van der Waals surface area (Å²) in [7, 11) is 1.58. The molecule has 0 amide bonds. The molecule has 2 heterocycles. The van der Waals surface area contributed by atoms with Gasteiger partial charge in [-0.3, -0.25) is 4.98 Å². The number of hydrogen-bond donors (Lipinski definition) is 1. The average Bonchev–Trinajstić information content (AvgIpc) is 2.27. The standard InChI is InChI=1S/C10H11N3O/c1-14-10-9-8(2-3-12-10)4-7(5-11)6-13-9/h2-4,6H,5,11H2,1H3. The molecule has 0 saturated carbocycles. The van der Waals surface area contributed by atoms with Crippen molar-refractivity contribution in [3.8, 4) is 5.88 Å². The maximum absolute atomic E-state index is 5.52. The number of hydrogen-bond acceptors (Lipinski definition) is 4. The van der Waals surface area contributed by atoms with Gasteiger partial charge in [-0.15, -0.1) is 0 Å². The van der Waals surface area contributed by atoms with Gasteiger partial charge in [-0.25, -0.2) is 4.98 Å². The predicted octanol–water partition coefficient (Wildman–Crippen LogP) is 1.10. The van der Waals surface area contributed by atoms with Crippen molar-refractivity contribution >= 4 is 10.9 Å². The van der Waals surface area contributed by atoms with Gasteiger partial charge in [0.2, 0.25) is 5.88 Å². The first-order valence-corrected chi connectivity index (χ1v) is 4.33. The van der Waals surface area contributed by atoms with Crippen LogP contribution in [-0.2, 0) is 6.54 Å². The van der Waals surface area contributed by atoms with Gasteiger partial charge in [-0.1, -0.05) is 0 Å². The number of ether oxygens (including phenoxy) is 1. The van der Waals surface area contributed by atoms with Gasteiger partial charge in [0, 0.05) is 24.3 Å². The highest BCUT2D eigenvalue weighted by Gasteiger charge is 2.03. The van der Waals surface area contributed by atoms with Crippen molar-refractivity contribution in [2.24, 2.45) is 5.73 Å². The normalized spacial score (nSPS) is 10.4. The summed E-state index contributed by atoms with van der Waals surface area (Å²) in [5.74, 6) is 0.547. The van der Waals surface area contributed by atoms with Crippen LogP contribution in [-0.4, -0.2) is 17.1 Å². The third-order valence-corrected chi connectivity index (χ3v) is 2.05. The van der Waals surface area contributed by atoms with Crippen molar-refractivity contribution in [1.82, 2.24) is 9.97 Å². The molecule has 0 aromatic carbocycles. The van der Waals surface area contributed by atoms with E-state index in [2.05, 4.69) is 9.97 Å². The Morgan fingerprint density at radius 3 is 3.00 bits per heavy atom. The first-order valence-electron chi connectivity index (χ1n) is 4.33. The van der Waals surface area contributed by atoms with E-state index >= 15 is 0 Å². The fraction of sp³-hybridized carbons (Fsp3) is 0.200. The van der Waals surface area contributed by atoms with Crippen molar-refractivity contribution in [1.29, 1.82) is 0 Å². The lowest BCUT2D eigenvalue weighted by Gasteiger charge is -2.03. The van der Waals surface area contributed by atoms with E-state index in [9.17, 15) is 0 Å². The third kappa shape index (κ3) is 1.40. The Morgan fingerprint density at radius 1 is 1.43 bits per heavy atom. The number of nitrogens with two attached hydrogens (primary N) is 1. The Kier molecular flexibility index (Phi) is 2.28. The molecule has 0 bridgehead atoms. The molecule has 0 aliphatic carbocycles. The number of pyridine rings is 2. The Bertz CT molecular complexity index is 456. The summed E-state index contributed by atoms with van der Waals surface area (Å²) in [5.41, 5.74) is 7.30. The number of methoxy groups -OCH3 is 1. The van der Waals surface area contributed by atoms with E-state index in [4.69, 9.17) is 10.5 Å². The van der Waals surface area contributed by atoms with Crippen LogP contribution < -0.4 is 10.5 Å². The van der Waals surface area contributed by atoms with E-state index in [1.54, 1.807) is 19.5 Å². The molecule has 0 aliphatic rings. The first kappa shape index (κ1) is 8.90. The first-order chi connectivity index (χ1) is 6.85. The van der Waals surface area contributed by atoms with Gasteiger partial charge in [0.25, 0.3) is 0 Å². The number of rotatable bonds is 2. The molecule has 0 radical (unpaired) electrons. The van der Waals surface area contributed by atoms with Crippen LogP contribution in [0.15, 0.2) is 24.5 Å². The molecular weight excluding hydrogens is 178 g/mol. The molecule has 0 unspecified atom stereocenters. The topological polar surface area (TPSA) is 61.0 Å². The highest BCUT2D eigenvalue weighted by Crippen LogP contribution is 2.20. The summed E-state index contributed by atoms with van der Waals surface area (Å²) in [5, 5.41) is 1.000. The zero-order chi connectivity index (χ0) is 9.97. The van der Waals surface area contributed by atoms with Crippen LogP contribution in [0, 0.1) is 0 Å². The van der Waals surface area contributed by atoms with Gasteiger partial charge in [0.05, 0.1) is 7.11 Å². The maximum Gasteiger partial charge on any atom is 0.240 e.